The summed E-state index contributed by atoms with van der Waals surface area (Å²) in [6, 6.07) is 27.1. The normalized spacial score (nSPS) is 11.0. The zero-order chi connectivity index (χ0) is 24.2. The Bertz CT molecular complexity index is 1550. The van der Waals surface area contributed by atoms with Crippen molar-refractivity contribution in [3.8, 4) is 11.3 Å². The molecule has 7 heteroatoms. The fourth-order valence-electron chi connectivity index (χ4n) is 4.08. The van der Waals surface area contributed by atoms with Crippen molar-refractivity contribution in [2.75, 3.05) is 5.32 Å². The molecule has 5 rings (SSSR count). The van der Waals surface area contributed by atoms with Crippen molar-refractivity contribution in [1.29, 1.82) is 0 Å². The van der Waals surface area contributed by atoms with Crippen LogP contribution in [0, 0.1) is 6.92 Å². The standard InChI is InChI=1S/C28H25N5O2/c1-20-9-5-6-12-22(20)25-17-26(33(31-25)18-21-10-3-2-4-11-21)30-27(34)15-16-32-19-29-24-14-8-7-13-23(24)28(32)35/h2-14,17,19H,15-16,18H2,1H3,(H,30,34). The summed E-state index contributed by atoms with van der Waals surface area (Å²) in [6.45, 7) is 2.80. The number of aryl methyl sites for hydroxylation is 2. The minimum absolute atomic E-state index is 0.135. The van der Waals surface area contributed by atoms with E-state index in [9.17, 15) is 9.59 Å². The molecule has 1 N–H and O–H groups in total. The van der Waals surface area contributed by atoms with Gasteiger partial charge in [-0.15, -0.1) is 0 Å². The molecule has 0 saturated carbocycles. The van der Waals surface area contributed by atoms with Gasteiger partial charge in [-0.1, -0.05) is 66.7 Å². The van der Waals surface area contributed by atoms with E-state index in [1.807, 2.05) is 79.7 Å². The van der Waals surface area contributed by atoms with E-state index >= 15 is 0 Å². The summed E-state index contributed by atoms with van der Waals surface area (Å²) in [4.78, 5) is 29.9. The third-order valence-electron chi connectivity index (χ3n) is 5.95. The summed E-state index contributed by atoms with van der Waals surface area (Å²) in [5.41, 5.74) is 4.49. The van der Waals surface area contributed by atoms with Gasteiger partial charge in [-0.05, 0) is 30.2 Å². The highest BCUT2D eigenvalue weighted by atomic mass is 16.2. The minimum atomic E-state index is -0.199. The first-order valence-corrected chi connectivity index (χ1v) is 11.5. The zero-order valence-corrected chi connectivity index (χ0v) is 19.4. The fraction of sp³-hybridized carbons (Fsp3) is 0.143. The first kappa shape index (κ1) is 22.3. The number of carbonyl (C=O) groups excluding carboxylic acids is 1. The van der Waals surface area contributed by atoms with Crippen molar-refractivity contribution in [3.63, 3.8) is 0 Å². The molecular formula is C28H25N5O2. The lowest BCUT2D eigenvalue weighted by Gasteiger charge is -2.10. The fourth-order valence-corrected chi connectivity index (χ4v) is 4.08. The molecule has 174 valence electrons. The summed E-state index contributed by atoms with van der Waals surface area (Å²) in [7, 11) is 0. The van der Waals surface area contributed by atoms with Gasteiger partial charge in [-0.2, -0.15) is 5.10 Å². The second-order valence-corrected chi connectivity index (χ2v) is 8.43. The van der Waals surface area contributed by atoms with Crippen LogP contribution in [-0.4, -0.2) is 25.2 Å². The molecule has 1 amide bonds. The van der Waals surface area contributed by atoms with E-state index in [0.29, 0.717) is 23.3 Å². The quantitative estimate of drug-likeness (QED) is 0.381. The summed E-state index contributed by atoms with van der Waals surface area (Å²) in [6.07, 6.45) is 1.63. The predicted molar refractivity (Wildman–Crippen MR) is 137 cm³/mol. The van der Waals surface area contributed by atoms with Crippen LogP contribution in [0.1, 0.15) is 17.5 Å². The van der Waals surface area contributed by atoms with Crippen LogP contribution in [0.3, 0.4) is 0 Å². The molecule has 0 atom stereocenters. The van der Waals surface area contributed by atoms with E-state index in [4.69, 9.17) is 5.10 Å². The van der Waals surface area contributed by atoms with E-state index in [-0.39, 0.29) is 24.4 Å². The molecule has 0 radical (unpaired) electrons. The third-order valence-corrected chi connectivity index (χ3v) is 5.95. The first-order chi connectivity index (χ1) is 17.1. The number of para-hydroxylation sites is 1. The van der Waals surface area contributed by atoms with Crippen molar-refractivity contribution < 1.29 is 4.79 Å². The lowest BCUT2D eigenvalue weighted by Crippen LogP contribution is -2.24. The number of nitrogens with one attached hydrogen (secondary N) is 1. The molecule has 0 fully saturated rings. The highest BCUT2D eigenvalue weighted by Gasteiger charge is 2.14. The van der Waals surface area contributed by atoms with Crippen LogP contribution in [0.15, 0.2) is 96.1 Å². The Hall–Kier alpha value is -4.52. The second-order valence-electron chi connectivity index (χ2n) is 8.43. The summed E-state index contributed by atoms with van der Waals surface area (Å²) in [5.74, 6) is 0.414. The van der Waals surface area contributed by atoms with Crippen molar-refractivity contribution in [2.24, 2.45) is 0 Å². The van der Waals surface area contributed by atoms with Gasteiger partial charge >= 0.3 is 0 Å². The number of anilines is 1. The topological polar surface area (TPSA) is 81.8 Å². The van der Waals surface area contributed by atoms with Crippen molar-refractivity contribution >= 4 is 22.6 Å². The number of aromatic nitrogens is 4. The maximum Gasteiger partial charge on any atom is 0.261 e. The molecule has 0 aliphatic carbocycles. The molecule has 0 aliphatic rings. The lowest BCUT2D eigenvalue weighted by atomic mass is 10.1. The Morgan fingerprint density at radius 1 is 0.943 bits per heavy atom. The Labute approximate surface area is 202 Å². The van der Waals surface area contributed by atoms with Crippen LogP contribution in [-0.2, 0) is 17.9 Å². The third kappa shape index (κ3) is 4.89. The minimum Gasteiger partial charge on any atom is -0.311 e. The molecule has 3 aromatic carbocycles. The molecule has 2 aromatic heterocycles. The van der Waals surface area contributed by atoms with Gasteiger partial charge in [0.1, 0.15) is 5.82 Å². The molecule has 0 unspecified atom stereocenters. The highest BCUT2D eigenvalue weighted by Crippen LogP contribution is 2.25. The van der Waals surface area contributed by atoms with Gasteiger partial charge in [0.05, 0.1) is 29.5 Å². The summed E-state index contributed by atoms with van der Waals surface area (Å²) in [5, 5.41) is 8.33. The molecule has 0 saturated heterocycles. The van der Waals surface area contributed by atoms with Gasteiger partial charge in [0.25, 0.3) is 5.56 Å². The molecule has 5 aromatic rings. The van der Waals surface area contributed by atoms with Crippen LogP contribution in [0.25, 0.3) is 22.2 Å². The molecule has 2 heterocycles. The maximum absolute atomic E-state index is 12.9. The SMILES string of the molecule is Cc1ccccc1-c1cc(NC(=O)CCn2cnc3ccccc3c2=O)n(Cc2ccccc2)n1. The van der Waals surface area contributed by atoms with Crippen molar-refractivity contribution in [1.82, 2.24) is 19.3 Å². The van der Waals surface area contributed by atoms with Crippen LogP contribution < -0.4 is 10.9 Å². The molecule has 35 heavy (non-hydrogen) atoms. The Balaban J connectivity index is 1.37. The number of nitrogens with zero attached hydrogens (tertiary/aromatic N) is 4. The van der Waals surface area contributed by atoms with Gasteiger partial charge in [0.2, 0.25) is 5.91 Å². The molecule has 0 bridgehead atoms. The first-order valence-electron chi connectivity index (χ1n) is 11.5. The van der Waals surface area contributed by atoms with Gasteiger partial charge in [-0.3, -0.25) is 14.2 Å². The van der Waals surface area contributed by atoms with Gasteiger partial charge in [-0.25, -0.2) is 9.67 Å². The molecule has 0 spiro atoms. The van der Waals surface area contributed by atoms with Crippen molar-refractivity contribution in [3.05, 3.63) is 113 Å². The monoisotopic (exact) mass is 463 g/mol. The predicted octanol–water partition coefficient (Wildman–Crippen LogP) is 4.65. The van der Waals surface area contributed by atoms with Gasteiger partial charge in [0, 0.05) is 24.6 Å². The van der Waals surface area contributed by atoms with E-state index in [0.717, 1.165) is 22.4 Å². The van der Waals surface area contributed by atoms with Gasteiger partial charge in [0.15, 0.2) is 0 Å². The smallest absolute Gasteiger partial charge is 0.261 e. The van der Waals surface area contributed by atoms with E-state index in [2.05, 4.69) is 10.3 Å². The second kappa shape index (κ2) is 9.77. The highest BCUT2D eigenvalue weighted by molar-refractivity contribution is 5.90. The van der Waals surface area contributed by atoms with E-state index < -0.39 is 0 Å². The Kier molecular flexibility index (Phi) is 6.22. The van der Waals surface area contributed by atoms with Crippen LogP contribution >= 0.6 is 0 Å². The number of benzene rings is 3. The zero-order valence-electron chi connectivity index (χ0n) is 19.4. The van der Waals surface area contributed by atoms with Gasteiger partial charge < -0.3 is 5.32 Å². The number of hydrogen-bond donors (Lipinski definition) is 1. The number of carbonyl (C=O) groups is 1. The summed E-state index contributed by atoms with van der Waals surface area (Å²) < 4.78 is 3.28. The Morgan fingerprint density at radius 3 is 2.51 bits per heavy atom. The number of hydrogen-bond acceptors (Lipinski definition) is 4. The van der Waals surface area contributed by atoms with Crippen LogP contribution in [0.4, 0.5) is 5.82 Å². The largest absolute Gasteiger partial charge is 0.311 e. The summed E-state index contributed by atoms with van der Waals surface area (Å²) >= 11 is 0. The maximum atomic E-state index is 12.9. The average Bonchev–Trinajstić information content (AvgIpc) is 3.26. The van der Waals surface area contributed by atoms with E-state index in [1.165, 1.54) is 10.9 Å². The molecule has 7 nitrogen and oxygen atoms in total. The lowest BCUT2D eigenvalue weighted by molar-refractivity contribution is -0.116. The number of rotatable bonds is 7. The number of fused-ring (bicyclic) bond motifs is 1. The Morgan fingerprint density at radius 2 is 1.69 bits per heavy atom. The van der Waals surface area contributed by atoms with Crippen LogP contribution in [0.5, 0.6) is 0 Å². The average molecular weight is 464 g/mol. The van der Waals surface area contributed by atoms with Crippen molar-refractivity contribution in [2.45, 2.75) is 26.4 Å². The number of amides is 1. The van der Waals surface area contributed by atoms with Crippen LogP contribution in [0.2, 0.25) is 0 Å². The van der Waals surface area contributed by atoms with E-state index in [1.54, 1.807) is 16.8 Å². The molecular weight excluding hydrogens is 438 g/mol. The molecule has 0 aliphatic heterocycles.